The first-order valence-electron chi connectivity index (χ1n) is 22.5. The second-order valence-electron chi connectivity index (χ2n) is 15.4. The van der Waals surface area contributed by atoms with Gasteiger partial charge in [-0.05, 0) is 26.2 Å². The molecule has 0 aromatic heterocycles. The zero-order valence-corrected chi connectivity index (χ0v) is 49.5. The number of carbonyl (C=O) groups is 4. The summed E-state index contributed by atoms with van der Waals surface area (Å²) in [6, 6.07) is 0. The molecule has 392 valence electrons. The van der Waals surface area contributed by atoms with Crippen LogP contribution >= 0.6 is 15.9 Å². The average molecular weight is 1200 g/mol. The number of piperazine rings is 4. The minimum atomic E-state index is -3.38. The molecular formula is C41H82BrN14O9SY2-3. The number of halogens is 1. The molecule has 4 saturated heterocycles. The van der Waals surface area contributed by atoms with E-state index in [0.717, 1.165) is 124 Å². The van der Waals surface area contributed by atoms with Gasteiger partial charge in [-0.1, -0.05) is 28.8 Å². The summed E-state index contributed by atoms with van der Waals surface area (Å²) in [5.74, 6) is 0.144. The van der Waals surface area contributed by atoms with E-state index in [1.54, 1.807) is 28.2 Å². The van der Waals surface area contributed by atoms with Crippen LogP contribution in [0.3, 0.4) is 0 Å². The number of aliphatic imine (C=N–C) groups is 2. The molecule has 0 saturated carbocycles. The van der Waals surface area contributed by atoms with E-state index < -0.39 is 10.1 Å². The molecule has 6 aliphatic heterocycles. The van der Waals surface area contributed by atoms with Gasteiger partial charge in [0, 0.05) is 185 Å². The molecule has 6 heterocycles. The Kier molecular flexibility index (Phi) is 50.0. The Bertz CT molecular complexity index is 1410. The maximum absolute atomic E-state index is 11.1. The molecule has 0 atom stereocenters. The van der Waals surface area contributed by atoms with Gasteiger partial charge in [-0.2, -0.15) is 21.3 Å². The molecule has 0 unspecified atom stereocenters. The zero-order valence-electron chi connectivity index (χ0n) is 41.4. The molecule has 0 bridgehead atoms. The minimum Gasteiger partial charge on any atom is -0.503 e. The van der Waals surface area contributed by atoms with Crippen LogP contribution < -0.4 is 26.6 Å². The van der Waals surface area contributed by atoms with Gasteiger partial charge in [-0.15, -0.1) is 0 Å². The van der Waals surface area contributed by atoms with Crippen molar-refractivity contribution in [2.75, 3.05) is 197 Å². The van der Waals surface area contributed by atoms with Crippen LogP contribution in [0.4, 0.5) is 0 Å². The maximum Gasteiger partial charge on any atom is 0.265 e. The number of nitrogens with one attached hydrogen (secondary N) is 5. The molecule has 2 radical (unpaired) electrons. The Morgan fingerprint density at radius 2 is 0.941 bits per heavy atom. The SMILES string of the molecule is CNC(=O)CBr.CNC(=O)CN1CCN(CO)CC1.CNC(=O)CN1CCN(COS(C)(=O)=O)CC1.OCN1CCNCC1.[C-]1=NCCC1.[C-]1=NCCC1.[CH2-]N1CCN(CC(=O)NC)CC1.[Y].[Y]. The summed E-state index contributed by atoms with van der Waals surface area (Å²) in [6.07, 6.45) is 11.3. The Morgan fingerprint density at radius 1 is 0.603 bits per heavy atom. The van der Waals surface area contributed by atoms with Gasteiger partial charge in [-0.25, -0.2) is 0 Å². The van der Waals surface area contributed by atoms with Gasteiger partial charge in [0.2, 0.25) is 23.6 Å². The Hall–Kier alpha value is -0.582. The first-order valence-corrected chi connectivity index (χ1v) is 25.4. The molecule has 6 rings (SSSR count). The van der Waals surface area contributed by atoms with E-state index in [0.29, 0.717) is 38.1 Å². The molecule has 0 aromatic rings. The third-order valence-electron chi connectivity index (χ3n) is 10.1. The molecule has 27 heteroatoms. The van der Waals surface area contributed by atoms with Crippen LogP contribution in [0.1, 0.15) is 25.7 Å². The summed E-state index contributed by atoms with van der Waals surface area (Å²) < 4.78 is 26.3. The van der Waals surface area contributed by atoms with Crippen LogP contribution in [0.2, 0.25) is 0 Å². The number of nitrogens with zero attached hydrogens (tertiary/aromatic N) is 9. The van der Waals surface area contributed by atoms with Crippen molar-refractivity contribution in [3.05, 3.63) is 7.05 Å². The molecule has 6 aliphatic rings. The Labute approximate surface area is 466 Å². The molecule has 0 spiro atoms. The number of amides is 4. The largest absolute Gasteiger partial charge is 0.503 e. The summed E-state index contributed by atoms with van der Waals surface area (Å²) in [6.45, 7) is 17.9. The number of aliphatic hydroxyl groups excluding tert-OH is 2. The van der Waals surface area contributed by atoms with Crippen molar-refractivity contribution in [2.24, 2.45) is 9.98 Å². The summed E-state index contributed by atoms with van der Waals surface area (Å²) >= 11 is 2.96. The van der Waals surface area contributed by atoms with Gasteiger partial charge in [0.05, 0.1) is 44.7 Å². The molecule has 4 amide bonds. The number of alkyl halides is 1. The number of hydrogen-bond donors (Lipinski definition) is 7. The zero-order chi connectivity index (χ0) is 49.4. The number of likely N-dealkylation sites (N-methyl/N-ethyl adjacent to an activating group) is 3. The predicted molar refractivity (Wildman–Crippen MR) is 262 cm³/mol. The van der Waals surface area contributed by atoms with E-state index in [4.69, 9.17) is 14.4 Å². The van der Waals surface area contributed by atoms with E-state index in [2.05, 4.69) is 81.8 Å². The van der Waals surface area contributed by atoms with Crippen molar-refractivity contribution >= 4 is 62.1 Å². The molecule has 0 aromatic carbocycles. The van der Waals surface area contributed by atoms with Crippen LogP contribution in [0.15, 0.2) is 9.98 Å². The molecule has 7 N–H and O–H groups in total. The second kappa shape index (κ2) is 47.4. The van der Waals surface area contributed by atoms with Crippen LogP contribution in [0, 0.1) is 7.05 Å². The Morgan fingerprint density at radius 3 is 1.19 bits per heavy atom. The van der Waals surface area contributed by atoms with Crippen molar-refractivity contribution in [1.29, 1.82) is 0 Å². The molecular weight excluding hydrogens is 1120 g/mol. The van der Waals surface area contributed by atoms with Crippen LogP contribution in [-0.2, 0) is 98.9 Å². The van der Waals surface area contributed by atoms with E-state index in [9.17, 15) is 27.6 Å². The number of hydrogen-bond acceptors (Lipinski definition) is 19. The first-order chi connectivity index (χ1) is 31.6. The van der Waals surface area contributed by atoms with Gasteiger partial charge in [-0.3, -0.25) is 59.8 Å². The normalized spacial score (nSPS) is 18.8. The van der Waals surface area contributed by atoms with Crippen molar-refractivity contribution in [2.45, 2.75) is 25.7 Å². The summed E-state index contributed by atoms with van der Waals surface area (Å²) in [5, 5.41) is 31.2. The molecule has 0 aliphatic carbocycles. The maximum atomic E-state index is 11.1. The van der Waals surface area contributed by atoms with E-state index in [1.807, 2.05) is 24.5 Å². The fourth-order valence-corrected chi connectivity index (χ4v) is 6.46. The van der Waals surface area contributed by atoms with E-state index in [-0.39, 0.29) is 109 Å². The topological polar surface area (TPSA) is 260 Å². The van der Waals surface area contributed by atoms with Crippen molar-refractivity contribution < 1.29 is 107 Å². The van der Waals surface area contributed by atoms with Crippen molar-refractivity contribution in [3.63, 3.8) is 0 Å². The van der Waals surface area contributed by atoms with Crippen molar-refractivity contribution in [1.82, 2.24) is 60.9 Å². The average Bonchev–Trinajstić information content (AvgIpc) is 4.14. The molecule has 4 fully saturated rings. The predicted octanol–water partition coefficient (Wildman–Crippen LogP) is -3.86. The standard InChI is InChI=1S/C9H19N3O4S.C8H17N3O2.C8H16N3O.C5H12N2O.2C4H6N.C3H6BrNO.2Y/c1-10-9(13)7-11-3-5-12(6-4-11)8-16-17(2,14)15;1-9-8(13)6-10-2-4-11(7-12)5-3-10;1-9-8(12)7-11-5-3-10(2)4-6-11;8-5-7-3-1-6-2-4-7;2*1-2-4-5-3-1;1-5-3(6)2-4;;/h3-8H2,1-2H3,(H,10,13);12H,2-7H2,1H3,(H,9,13);2-7H2,1H3,(H,9,12);6,8H,1-5H2;2*1-3H2;2H2,1H3,(H,5,6);;/q;;-1;;2*-1;;;. The number of carbonyl (C=O) groups excluding carboxylic acids is 4. The van der Waals surface area contributed by atoms with Crippen LogP contribution in [-0.4, -0.2) is 286 Å². The minimum absolute atomic E-state index is 0. The summed E-state index contributed by atoms with van der Waals surface area (Å²) in [4.78, 5) is 65.0. The third-order valence-corrected chi connectivity index (χ3v) is 11.2. The third kappa shape index (κ3) is 43.0. The molecule has 23 nitrogen and oxygen atoms in total. The quantitative estimate of drug-likeness (QED) is 0.0561. The van der Waals surface area contributed by atoms with E-state index >= 15 is 0 Å². The number of aliphatic hydroxyl groups is 2. The second-order valence-corrected chi connectivity index (χ2v) is 17.6. The van der Waals surface area contributed by atoms with Gasteiger partial charge in [0.1, 0.15) is 6.73 Å². The van der Waals surface area contributed by atoms with Gasteiger partial charge in [0.25, 0.3) is 10.1 Å². The van der Waals surface area contributed by atoms with Crippen molar-refractivity contribution in [3.8, 4) is 0 Å². The summed E-state index contributed by atoms with van der Waals surface area (Å²) in [7, 11) is 6.98. The fourth-order valence-electron chi connectivity index (χ4n) is 5.84. The Balaban J connectivity index is -0.000000752. The van der Waals surface area contributed by atoms with Crippen LogP contribution in [0.25, 0.3) is 0 Å². The van der Waals surface area contributed by atoms with Crippen LogP contribution in [0.5, 0.6) is 0 Å². The molecule has 68 heavy (non-hydrogen) atoms. The monoisotopic (exact) mass is 1200 g/mol. The summed E-state index contributed by atoms with van der Waals surface area (Å²) in [5.41, 5.74) is 0. The van der Waals surface area contributed by atoms with Gasteiger partial charge >= 0.3 is 0 Å². The first kappa shape index (κ1) is 71.7. The number of rotatable bonds is 12. The van der Waals surface area contributed by atoms with Gasteiger partial charge in [0.15, 0.2) is 0 Å². The van der Waals surface area contributed by atoms with E-state index in [1.165, 1.54) is 12.8 Å². The van der Waals surface area contributed by atoms with Gasteiger partial charge < -0.3 is 64.1 Å². The smallest absolute Gasteiger partial charge is 0.265 e. The fraction of sp³-hybridized carbons (Fsp3) is 0.829.